The van der Waals surface area contributed by atoms with Gasteiger partial charge < -0.3 is 14.8 Å². The summed E-state index contributed by atoms with van der Waals surface area (Å²) in [6, 6.07) is 18.1. The molecule has 0 saturated carbocycles. The Labute approximate surface area is 184 Å². The van der Waals surface area contributed by atoms with Gasteiger partial charge in [0.05, 0.1) is 36.5 Å². The first-order valence-corrected chi connectivity index (χ1v) is 10.4. The van der Waals surface area contributed by atoms with Crippen LogP contribution in [0.4, 0.5) is 0 Å². The number of benzene rings is 2. The maximum absolute atomic E-state index is 12.8. The maximum atomic E-state index is 12.8. The van der Waals surface area contributed by atoms with Gasteiger partial charge in [0.1, 0.15) is 5.92 Å². The van der Waals surface area contributed by atoms with Gasteiger partial charge in [0.2, 0.25) is 5.91 Å². The van der Waals surface area contributed by atoms with Crippen LogP contribution in [0.2, 0.25) is 0 Å². The minimum atomic E-state index is -1.22. The lowest BCUT2D eigenvalue weighted by Gasteiger charge is -2.31. The van der Waals surface area contributed by atoms with Gasteiger partial charge >= 0.3 is 11.9 Å². The Bertz CT molecular complexity index is 1060. The number of allylic oxidation sites excluding steroid dienone is 1. The molecule has 7 nitrogen and oxygen atoms in total. The summed E-state index contributed by atoms with van der Waals surface area (Å²) >= 11 is 1.32. The summed E-state index contributed by atoms with van der Waals surface area (Å²) in [7, 11) is 2.48. The van der Waals surface area contributed by atoms with Crippen molar-refractivity contribution in [2.45, 2.75) is 11.7 Å². The highest BCUT2D eigenvalue weighted by Crippen LogP contribution is 2.40. The van der Waals surface area contributed by atoms with Crippen LogP contribution in [-0.2, 0) is 24.8 Å². The molecule has 8 heteroatoms. The van der Waals surface area contributed by atoms with Crippen LogP contribution in [0.1, 0.15) is 27.4 Å². The van der Waals surface area contributed by atoms with Crippen molar-refractivity contribution >= 4 is 29.6 Å². The monoisotopic (exact) mass is 436 g/mol. The molecule has 0 aliphatic carbocycles. The summed E-state index contributed by atoms with van der Waals surface area (Å²) in [5.74, 6) is -3.30. The van der Waals surface area contributed by atoms with Crippen LogP contribution in [0, 0.1) is 17.2 Å². The molecule has 1 heterocycles. The second kappa shape index (κ2) is 9.96. The Morgan fingerprint density at radius 2 is 1.74 bits per heavy atom. The third-order valence-corrected chi connectivity index (χ3v) is 5.99. The van der Waals surface area contributed by atoms with Crippen molar-refractivity contribution in [1.29, 1.82) is 5.26 Å². The number of carbonyl (C=O) groups excluding carboxylic acids is 3. The van der Waals surface area contributed by atoms with Crippen LogP contribution >= 0.6 is 11.8 Å². The predicted octanol–water partition coefficient (Wildman–Crippen LogP) is 3.14. The van der Waals surface area contributed by atoms with E-state index in [1.807, 2.05) is 30.3 Å². The molecule has 0 spiro atoms. The van der Waals surface area contributed by atoms with E-state index in [0.717, 1.165) is 5.56 Å². The Hall–Kier alpha value is -3.57. The highest BCUT2D eigenvalue weighted by atomic mass is 32.2. The minimum Gasteiger partial charge on any atom is -0.468 e. The smallest absolute Gasteiger partial charge is 0.337 e. The van der Waals surface area contributed by atoms with E-state index >= 15 is 0 Å². The summed E-state index contributed by atoms with van der Waals surface area (Å²) < 4.78 is 9.54. The van der Waals surface area contributed by atoms with E-state index in [1.165, 1.54) is 38.1 Å². The zero-order chi connectivity index (χ0) is 22.4. The first-order valence-electron chi connectivity index (χ1n) is 9.38. The van der Waals surface area contributed by atoms with E-state index in [4.69, 9.17) is 9.47 Å². The molecule has 158 valence electrons. The number of hydrogen-bond acceptors (Lipinski definition) is 7. The second-order valence-electron chi connectivity index (χ2n) is 6.71. The van der Waals surface area contributed by atoms with Crippen LogP contribution in [0.5, 0.6) is 0 Å². The van der Waals surface area contributed by atoms with Crippen molar-refractivity contribution in [2.75, 3.05) is 14.2 Å². The number of thioether (sulfide) groups is 1. The van der Waals surface area contributed by atoms with Gasteiger partial charge in [0, 0.05) is 11.7 Å². The van der Waals surface area contributed by atoms with Crippen LogP contribution in [0.3, 0.4) is 0 Å². The number of nitrogens with one attached hydrogen (secondary N) is 1. The zero-order valence-corrected chi connectivity index (χ0v) is 17.8. The highest BCUT2D eigenvalue weighted by molar-refractivity contribution is 8.02. The largest absolute Gasteiger partial charge is 0.468 e. The lowest BCUT2D eigenvalue weighted by molar-refractivity contribution is -0.150. The molecule has 1 aliphatic rings. The van der Waals surface area contributed by atoms with Gasteiger partial charge in [-0.15, -0.1) is 11.8 Å². The molecule has 31 heavy (non-hydrogen) atoms. The number of nitrogens with zero attached hydrogens (tertiary/aromatic N) is 1. The lowest BCUT2D eigenvalue weighted by atomic mass is 9.78. The molecule has 1 N–H and O–H groups in total. The third-order valence-electron chi connectivity index (χ3n) is 4.90. The Balaban J connectivity index is 2.02. The minimum absolute atomic E-state index is 0.266. The fourth-order valence-electron chi connectivity index (χ4n) is 3.35. The van der Waals surface area contributed by atoms with Gasteiger partial charge in [-0.25, -0.2) is 4.79 Å². The van der Waals surface area contributed by atoms with Gasteiger partial charge in [-0.1, -0.05) is 42.5 Å². The third kappa shape index (κ3) is 4.78. The molecular weight excluding hydrogens is 416 g/mol. The number of rotatable bonds is 6. The molecule has 0 fully saturated rings. The van der Waals surface area contributed by atoms with Crippen molar-refractivity contribution in [3.63, 3.8) is 0 Å². The quantitative estimate of drug-likeness (QED) is 0.548. The molecule has 2 atom stereocenters. The lowest BCUT2D eigenvalue weighted by Crippen LogP contribution is -2.44. The molecule has 0 saturated heterocycles. The average Bonchev–Trinajstić information content (AvgIpc) is 2.82. The van der Waals surface area contributed by atoms with Crippen molar-refractivity contribution < 1.29 is 23.9 Å². The fourth-order valence-corrected chi connectivity index (χ4v) is 4.36. The molecule has 1 amide bonds. The van der Waals surface area contributed by atoms with Crippen molar-refractivity contribution in [3.8, 4) is 6.07 Å². The Morgan fingerprint density at radius 3 is 2.32 bits per heavy atom. The molecule has 1 aliphatic heterocycles. The average molecular weight is 436 g/mol. The van der Waals surface area contributed by atoms with Crippen LogP contribution < -0.4 is 5.32 Å². The first-order chi connectivity index (χ1) is 15.0. The van der Waals surface area contributed by atoms with E-state index in [0.29, 0.717) is 21.9 Å². The molecule has 0 bridgehead atoms. The van der Waals surface area contributed by atoms with Crippen molar-refractivity contribution in [1.82, 2.24) is 5.32 Å². The predicted molar refractivity (Wildman–Crippen MR) is 115 cm³/mol. The summed E-state index contributed by atoms with van der Waals surface area (Å²) in [5.41, 5.74) is 2.16. The number of ether oxygens (including phenoxy) is 2. The SMILES string of the molecule is COC(=O)c1ccc([C@@H]2C(C#N)=C(SCc3ccccc3)NC(=O)[C@@H]2C(=O)OC)cc1. The van der Waals surface area contributed by atoms with E-state index in [1.54, 1.807) is 12.1 Å². The standard InChI is InChI=1S/C23H20N2O5S/c1-29-22(27)16-10-8-15(9-11-16)18-17(12-24)21(25-20(26)19(18)23(28)30-2)31-13-14-6-4-3-5-7-14/h3-11,18-19H,13H2,1-2H3,(H,25,26)/t18-,19-/m1/s1. The van der Waals surface area contributed by atoms with Crippen LogP contribution in [-0.4, -0.2) is 32.1 Å². The topological polar surface area (TPSA) is 105 Å². The number of nitriles is 1. The molecule has 0 unspecified atom stereocenters. The number of amides is 1. The normalized spacial score (nSPS) is 18.0. The van der Waals surface area contributed by atoms with Crippen LogP contribution in [0.15, 0.2) is 65.2 Å². The van der Waals surface area contributed by atoms with E-state index < -0.39 is 29.7 Å². The second-order valence-corrected chi connectivity index (χ2v) is 7.70. The molecule has 0 radical (unpaired) electrons. The Kier molecular flexibility index (Phi) is 7.11. The number of carbonyl (C=O) groups is 3. The maximum Gasteiger partial charge on any atom is 0.337 e. The van der Waals surface area contributed by atoms with E-state index in [-0.39, 0.29) is 5.57 Å². The molecule has 3 rings (SSSR count). The van der Waals surface area contributed by atoms with Gasteiger partial charge in [0.25, 0.3) is 0 Å². The van der Waals surface area contributed by atoms with Crippen molar-refractivity contribution in [3.05, 3.63) is 81.9 Å². The fraction of sp³-hybridized carbons (Fsp3) is 0.217. The highest BCUT2D eigenvalue weighted by Gasteiger charge is 2.44. The van der Waals surface area contributed by atoms with E-state index in [9.17, 15) is 19.6 Å². The number of esters is 2. The van der Waals surface area contributed by atoms with Gasteiger partial charge in [-0.3, -0.25) is 9.59 Å². The summed E-state index contributed by atoms with van der Waals surface area (Å²) in [6.45, 7) is 0. The summed E-state index contributed by atoms with van der Waals surface area (Å²) in [4.78, 5) is 37.0. The zero-order valence-electron chi connectivity index (χ0n) is 17.0. The van der Waals surface area contributed by atoms with Gasteiger partial charge in [0.15, 0.2) is 0 Å². The summed E-state index contributed by atoms with van der Waals surface area (Å²) in [5, 5.41) is 13.0. The molecule has 0 aromatic heterocycles. The van der Waals surface area contributed by atoms with Gasteiger partial charge in [-0.2, -0.15) is 5.26 Å². The van der Waals surface area contributed by atoms with E-state index in [2.05, 4.69) is 11.4 Å². The molecular formula is C23H20N2O5S. The van der Waals surface area contributed by atoms with Crippen LogP contribution in [0.25, 0.3) is 0 Å². The van der Waals surface area contributed by atoms with Gasteiger partial charge in [-0.05, 0) is 23.3 Å². The summed E-state index contributed by atoms with van der Waals surface area (Å²) in [6.07, 6.45) is 0. The molecule has 2 aromatic rings. The van der Waals surface area contributed by atoms with Crippen molar-refractivity contribution in [2.24, 2.45) is 5.92 Å². The number of hydrogen-bond donors (Lipinski definition) is 1. The molecule has 2 aromatic carbocycles. The number of methoxy groups -OCH3 is 2. The Morgan fingerprint density at radius 1 is 1.06 bits per heavy atom. The first kappa shape index (κ1) is 22.1.